The number of imidazole rings is 1. The molecule has 0 aliphatic rings. The quantitative estimate of drug-likeness (QED) is 0.186. The molecule has 0 aliphatic heterocycles. The van der Waals surface area contributed by atoms with Crippen molar-refractivity contribution in [2.75, 3.05) is 0 Å². The predicted molar refractivity (Wildman–Crippen MR) is 191 cm³/mol. The highest BCUT2D eigenvalue weighted by Gasteiger charge is 2.18. The highest BCUT2D eigenvalue weighted by Crippen LogP contribution is 2.44. The summed E-state index contributed by atoms with van der Waals surface area (Å²) in [7, 11) is 0. The summed E-state index contributed by atoms with van der Waals surface area (Å²) >= 11 is 0. The molecule has 0 bridgehead atoms. The first kappa shape index (κ1) is 27.1. The van der Waals surface area contributed by atoms with Crippen molar-refractivity contribution >= 4 is 32.6 Å². The molecule has 0 atom stereocenters. The normalized spacial score (nSPS) is 11.5. The van der Waals surface area contributed by atoms with Crippen LogP contribution in [0.4, 0.5) is 0 Å². The Balaban J connectivity index is 1.26. The van der Waals surface area contributed by atoms with Crippen LogP contribution in [0.3, 0.4) is 0 Å². The largest absolute Gasteiger partial charge is 0.296 e. The van der Waals surface area contributed by atoms with Crippen LogP contribution in [0.5, 0.6) is 0 Å². The Morgan fingerprint density at radius 2 is 1.04 bits per heavy atom. The fraction of sp³-hybridized carbons (Fsp3) is 0.0930. The molecule has 0 N–H and O–H groups in total. The van der Waals surface area contributed by atoms with Crippen molar-refractivity contribution in [3.05, 3.63) is 156 Å². The van der Waals surface area contributed by atoms with Crippen LogP contribution < -0.4 is 0 Å². The smallest absolute Gasteiger partial charge is 0.114 e. The molecule has 0 unspecified atom stereocenters. The number of aromatic nitrogens is 2. The fourth-order valence-corrected chi connectivity index (χ4v) is 7.17. The molecule has 7 aromatic carbocycles. The first-order chi connectivity index (χ1) is 22.1. The van der Waals surface area contributed by atoms with E-state index in [0.717, 1.165) is 29.0 Å². The maximum Gasteiger partial charge on any atom is 0.114 e. The lowest BCUT2D eigenvalue weighted by molar-refractivity contribution is 0.907. The number of para-hydroxylation sites is 2. The molecular weight excluding hydrogens is 544 g/mol. The van der Waals surface area contributed by atoms with E-state index in [0.29, 0.717) is 0 Å². The van der Waals surface area contributed by atoms with E-state index >= 15 is 0 Å². The summed E-state index contributed by atoms with van der Waals surface area (Å²) < 4.78 is 2.30. The Labute approximate surface area is 264 Å². The molecule has 0 aliphatic carbocycles. The van der Waals surface area contributed by atoms with Gasteiger partial charge in [0.15, 0.2) is 0 Å². The van der Waals surface area contributed by atoms with E-state index in [9.17, 15) is 0 Å². The van der Waals surface area contributed by atoms with Gasteiger partial charge in [0.05, 0.1) is 11.0 Å². The molecule has 0 saturated carbocycles. The van der Waals surface area contributed by atoms with Crippen LogP contribution >= 0.6 is 0 Å². The van der Waals surface area contributed by atoms with Gasteiger partial charge < -0.3 is 0 Å². The third-order valence-corrected chi connectivity index (χ3v) is 9.21. The lowest BCUT2D eigenvalue weighted by Gasteiger charge is -2.19. The number of benzene rings is 7. The molecule has 45 heavy (non-hydrogen) atoms. The second kappa shape index (κ2) is 10.9. The van der Waals surface area contributed by atoms with Gasteiger partial charge in [0.2, 0.25) is 0 Å². The van der Waals surface area contributed by atoms with Gasteiger partial charge in [0.1, 0.15) is 5.82 Å². The summed E-state index contributed by atoms with van der Waals surface area (Å²) in [4.78, 5) is 4.90. The zero-order chi connectivity index (χ0) is 30.5. The van der Waals surface area contributed by atoms with E-state index < -0.39 is 0 Å². The van der Waals surface area contributed by atoms with Gasteiger partial charge in [-0.25, -0.2) is 4.98 Å². The maximum atomic E-state index is 4.90. The van der Waals surface area contributed by atoms with Crippen molar-refractivity contribution in [3.63, 3.8) is 0 Å². The monoisotopic (exact) mass is 578 g/mol. The number of fused-ring (bicyclic) bond motifs is 3. The summed E-state index contributed by atoms with van der Waals surface area (Å²) in [6, 6.07) is 50.7. The topological polar surface area (TPSA) is 17.8 Å². The predicted octanol–water partition coefficient (Wildman–Crippen LogP) is 11.5. The lowest BCUT2D eigenvalue weighted by Crippen LogP contribution is -2.01. The van der Waals surface area contributed by atoms with Crippen LogP contribution in [0.25, 0.3) is 71.6 Å². The SMILES string of the molecule is CCc1nc2ccccc2n1-c1ccc(-c2ccc(-c3c4ccccc4c(-c4ccccc4)c4ccccc34)cc2C)c(C)c1. The first-order valence-electron chi connectivity index (χ1n) is 15.8. The summed E-state index contributed by atoms with van der Waals surface area (Å²) in [5, 5.41) is 5.12. The van der Waals surface area contributed by atoms with Crippen LogP contribution in [0, 0.1) is 13.8 Å². The molecule has 0 radical (unpaired) electrons. The zero-order valence-corrected chi connectivity index (χ0v) is 25.9. The molecule has 216 valence electrons. The second-order valence-electron chi connectivity index (χ2n) is 11.9. The highest BCUT2D eigenvalue weighted by atomic mass is 15.1. The molecule has 2 heteroatoms. The molecule has 1 aromatic heterocycles. The summed E-state index contributed by atoms with van der Waals surface area (Å²) in [6.45, 7) is 6.64. The number of hydrogen-bond acceptors (Lipinski definition) is 1. The highest BCUT2D eigenvalue weighted by molar-refractivity contribution is 6.21. The van der Waals surface area contributed by atoms with E-state index in [-0.39, 0.29) is 0 Å². The van der Waals surface area contributed by atoms with Gasteiger partial charge in [0.25, 0.3) is 0 Å². The Morgan fingerprint density at radius 3 is 1.64 bits per heavy atom. The van der Waals surface area contributed by atoms with Crippen molar-refractivity contribution in [2.45, 2.75) is 27.2 Å². The first-order valence-corrected chi connectivity index (χ1v) is 15.8. The Kier molecular flexibility index (Phi) is 6.57. The van der Waals surface area contributed by atoms with Gasteiger partial charge in [-0.1, -0.05) is 122 Å². The summed E-state index contributed by atoms with van der Waals surface area (Å²) in [5.41, 5.74) is 13.5. The van der Waals surface area contributed by atoms with Crippen molar-refractivity contribution < 1.29 is 0 Å². The fourth-order valence-electron chi connectivity index (χ4n) is 7.17. The van der Waals surface area contributed by atoms with E-state index in [1.54, 1.807) is 0 Å². The van der Waals surface area contributed by atoms with Crippen molar-refractivity contribution in [1.82, 2.24) is 9.55 Å². The second-order valence-corrected chi connectivity index (χ2v) is 11.9. The number of hydrogen-bond donors (Lipinski definition) is 0. The van der Waals surface area contributed by atoms with Crippen LogP contribution in [0.15, 0.2) is 140 Å². The third-order valence-electron chi connectivity index (χ3n) is 9.21. The van der Waals surface area contributed by atoms with Crippen LogP contribution in [-0.4, -0.2) is 9.55 Å². The molecule has 1 heterocycles. The van der Waals surface area contributed by atoms with Gasteiger partial charge >= 0.3 is 0 Å². The molecule has 0 saturated heterocycles. The zero-order valence-electron chi connectivity index (χ0n) is 25.9. The molecule has 8 rings (SSSR count). The molecule has 0 spiro atoms. The number of nitrogens with zero attached hydrogens (tertiary/aromatic N) is 2. The Bertz CT molecular complexity index is 2320. The van der Waals surface area contributed by atoms with Gasteiger partial charge in [-0.05, 0) is 104 Å². The molecule has 0 amide bonds. The molecule has 2 nitrogen and oxygen atoms in total. The van der Waals surface area contributed by atoms with Gasteiger partial charge in [0, 0.05) is 12.1 Å². The van der Waals surface area contributed by atoms with Gasteiger partial charge in [-0.3, -0.25) is 4.57 Å². The van der Waals surface area contributed by atoms with Crippen LogP contribution in [0.1, 0.15) is 23.9 Å². The van der Waals surface area contributed by atoms with Gasteiger partial charge in [-0.15, -0.1) is 0 Å². The van der Waals surface area contributed by atoms with E-state index in [1.807, 2.05) is 0 Å². The Hall–Kier alpha value is -5.47. The van der Waals surface area contributed by atoms with Gasteiger partial charge in [-0.2, -0.15) is 0 Å². The van der Waals surface area contributed by atoms with E-state index in [2.05, 4.69) is 165 Å². The minimum Gasteiger partial charge on any atom is -0.296 e. The maximum absolute atomic E-state index is 4.90. The van der Waals surface area contributed by atoms with Crippen LogP contribution in [-0.2, 0) is 6.42 Å². The van der Waals surface area contributed by atoms with Crippen molar-refractivity contribution in [1.29, 1.82) is 0 Å². The average Bonchev–Trinajstić information content (AvgIpc) is 3.46. The van der Waals surface area contributed by atoms with Crippen LogP contribution in [0.2, 0.25) is 0 Å². The summed E-state index contributed by atoms with van der Waals surface area (Å²) in [6.07, 6.45) is 0.881. The van der Waals surface area contributed by atoms with Crippen molar-refractivity contribution in [2.24, 2.45) is 0 Å². The summed E-state index contributed by atoms with van der Waals surface area (Å²) in [5.74, 6) is 1.08. The van der Waals surface area contributed by atoms with Crippen molar-refractivity contribution in [3.8, 4) is 39.1 Å². The third kappa shape index (κ3) is 4.45. The minimum absolute atomic E-state index is 0.881. The number of aryl methyl sites for hydroxylation is 3. The van der Waals surface area contributed by atoms with E-state index in [1.165, 1.54) is 66.1 Å². The minimum atomic E-state index is 0.881. The molecule has 0 fully saturated rings. The molecular formula is C43H34N2. The molecule has 8 aromatic rings. The average molecular weight is 579 g/mol. The number of rotatable bonds is 5. The standard InChI is InChI=1S/C43H34N2/c1-4-41-44-39-20-12-13-21-40(39)45(41)32-23-25-34(29(3)27-32)33-24-22-31(26-28(33)2)43-37-18-10-8-16-35(37)42(30-14-6-5-7-15-30)36-17-9-11-19-38(36)43/h5-27H,4H2,1-3H3. The lowest BCUT2D eigenvalue weighted by atomic mass is 9.85. The van der Waals surface area contributed by atoms with E-state index in [4.69, 9.17) is 4.98 Å². The Morgan fingerprint density at radius 1 is 0.511 bits per heavy atom.